The molecule has 152 valence electrons. The summed E-state index contributed by atoms with van der Waals surface area (Å²) in [6.45, 7) is 1.42. The van der Waals surface area contributed by atoms with Crippen molar-refractivity contribution < 1.29 is 14.3 Å². The minimum Gasteiger partial charge on any atom is -0.496 e. The fourth-order valence-electron chi connectivity index (χ4n) is 4.31. The second-order valence-corrected chi connectivity index (χ2v) is 7.71. The third-order valence-electron chi connectivity index (χ3n) is 5.78. The van der Waals surface area contributed by atoms with Crippen LogP contribution in [0.4, 0.5) is 0 Å². The average Bonchev–Trinajstić information content (AvgIpc) is 2.73. The molecular weight excluding hydrogens is 352 g/mol. The number of nitrogens with zero attached hydrogens (tertiary/aromatic N) is 1. The second-order valence-electron chi connectivity index (χ2n) is 7.71. The van der Waals surface area contributed by atoms with Crippen LogP contribution in [0.1, 0.15) is 56.9 Å². The molecule has 1 unspecified atom stereocenters. The molecule has 1 aromatic carbocycles. The van der Waals surface area contributed by atoms with Gasteiger partial charge < -0.3 is 15.0 Å². The quantitative estimate of drug-likeness (QED) is 0.741. The van der Waals surface area contributed by atoms with Crippen LogP contribution in [0.2, 0.25) is 0 Å². The van der Waals surface area contributed by atoms with Crippen LogP contribution in [0.25, 0.3) is 0 Å². The van der Waals surface area contributed by atoms with Crippen LogP contribution < -0.4 is 10.1 Å². The minimum absolute atomic E-state index is 0.0103. The van der Waals surface area contributed by atoms with E-state index in [1.165, 1.54) is 25.0 Å². The lowest BCUT2D eigenvalue weighted by Gasteiger charge is -2.38. The van der Waals surface area contributed by atoms with E-state index in [2.05, 4.69) is 11.4 Å². The van der Waals surface area contributed by atoms with E-state index in [1.54, 1.807) is 7.11 Å². The Kier molecular flexibility index (Phi) is 7.52. The molecule has 0 radical (unpaired) electrons. The van der Waals surface area contributed by atoms with E-state index < -0.39 is 0 Å². The van der Waals surface area contributed by atoms with Crippen LogP contribution in [0.5, 0.6) is 5.75 Å². The van der Waals surface area contributed by atoms with Crippen molar-refractivity contribution in [3.8, 4) is 5.75 Å². The van der Waals surface area contributed by atoms with Crippen LogP contribution in [-0.4, -0.2) is 36.9 Å². The number of piperidine rings is 1. The summed E-state index contributed by atoms with van der Waals surface area (Å²) in [5, 5.41) is 2.95. The van der Waals surface area contributed by atoms with Crippen molar-refractivity contribution in [2.75, 3.05) is 20.2 Å². The van der Waals surface area contributed by atoms with E-state index in [0.717, 1.165) is 37.1 Å². The molecule has 0 bridgehead atoms. The maximum absolute atomic E-state index is 12.6. The molecule has 1 heterocycles. The van der Waals surface area contributed by atoms with Gasteiger partial charge in [-0.3, -0.25) is 9.59 Å². The number of hydrogen-bond donors (Lipinski definition) is 1. The zero-order valence-corrected chi connectivity index (χ0v) is 16.9. The number of rotatable bonds is 8. The fraction of sp³-hybridized carbons (Fsp3) is 0.565. The third-order valence-corrected chi connectivity index (χ3v) is 5.78. The van der Waals surface area contributed by atoms with Crippen molar-refractivity contribution in [3.05, 3.63) is 41.6 Å². The van der Waals surface area contributed by atoms with Crippen LogP contribution >= 0.6 is 0 Å². The Morgan fingerprint density at radius 2 is 2.00 bits per heavy atom. The number of methoxy groups -OCH3 is 1. The summed E-state index contributed by atoms with van der Waals surface area (Å²) in [5.41, 5.74) is 2.34. The molecule has 0 aromatic heterocycles. The number of allylic oxidation sites excluding steroid dienone is 2. The number of ether oxygens (including phenoxy) is 1. The van der Waals surface area contributed by atoms with Gasteiger partial charge in [0, 0.05) is 31.6 Å². The molecule has 2 aliphatic rings. The van der Waals surface area contributed by atoms with Gasteiger partial charge in [0.05, 0.1) is 7.11 Å². The molecule has 28 heavy (non-hydrogen) atoms. The monoisotopic (exact) mass is 384 g/mol. The molecule has 1 aromatic rings. The highest BCUT2D eigenvalue weighted by molar-refractivity contribution is 5.80. The van der Waals surface area contributed by atoms with Crippen molar-refractivity contribution in [2.24, 2.45) is 5.92 Å². The van der Waals surface area contributed by atoms with Crippen LogP contribution in [0.15, 0.2) is 36.0 Å². The normalized spacial score (nSPS) is 18.8. The summed E-state index contributed by atoms with van der Waals surface area (Å²) >= 11 is 0. The van der Waals surface area contributed by atoms with Crippen molar-refractivity contribution in [1.82, 2.24) is 10.2 Å². The van der Waals surface area contributed by atoms with Gasteiger partial charge in [-0.25, -0.2) is 0 Å². The molecule has 1 N–H and O–H groups in total. The number of likely N-dealkylation sites (tertiary alicyclic amines) is 1. The summed E-state index contributed by atoms with van der Waals surface area (Å²) in [4.78, 5) is 26.7. The second kappa shape index (κ2) is 10.3. The zero-order chi connectivity index (χ0) is 19.8. The fourth-order valence-corrected chi connectivity index (χ4v) is 4.31. The Morgan fingerprint density at radius 1 is 1.18 bits per heavy atom. The van der Waals surface area contributed by atoms with E-state index >= 15 is 0 Å². The molecule has 3 rings (SSSR count). The molecule has 0 saturated carbocycles. The van der Waals surface area contributed by atoms with Gasteiger partial charge in [-0.1, -0.05) is 24.3 Å². The van der Waals surface area contributed by atoms with Gasteiger partial charge in [-0.15, -0.1) is 0 Å². The van der Waals surface area contributed by atoms with Gasteiger partial charge in [0.1, 0.15) is 5.75 Å². The Balaban J connectivity index is 1.37. The summed E-state index contributed by atoms with van der Waals surface area (Å²) < 4.78 is 5.33. The average molecular weight is 385 g/mol. The van der Waals surface area contributed by atoms with E-state index in [-0.39, 0.29) is 11.8 Å². The smallest absolute Gasteiger partial charge is 0.226 e. The van der Waals surface area contributed by atoms with E-state index in [4.69, 9.17) is 4.74 Å². The largest absolute Gasteiger partial charge is 0.496 e. The highest BCUT2D eigenvalue weighted by atomic mass is 16.5. The van der Waals surface area contributed by atoms with Crippen LogP contribution in [-0.2, 0) is 16.0 Å². The number of nitrogens with one attached hydrogen (secondary N) is 1. The molecule has 1 aliphatic heterocycles. The first-order valence-electron chi connectivity index (χ1n) is 10.6. The number of amides is 2. The van der Waals surface area contributed by atoms with Gasteiger partial charge in [-0.2, -0.15) is 0 Å². The molecule has 1 fully saturated rings. The van der Waals surface area contributed by atoms with Crippen molar-refractivity contribution >= 4 is 11.8 Å². The number of para-hydroxylation sites is 1. The Hall–Kier alpha value is -2.30. The first kappa shape index (κ1) is 20.4. The highest BCUT2D eigenvalue weighted by Gasteiger charge is 2.29. The SMILES string of the molecule is COc1ccccc1CCNC(=O)CCCC(=O)N1CCCC2CCCC=C21. The van der Waals surface area contributed by atoms with Gasteiger partial charge >= 0.3 is 0 Å². The number of hydrogen-bond acceptors (Lipinski definition) is 3. The lowest BCUT2D eigenvalue weighted by molar-refractivity contribution is -0.130. The molecule has 1 saturated heterocycles. The minimum atomic E-state index is 0.0103. The Bertz CT molecular complexity index is 714. The molecule has 2 amide bonds. The topological polar surface area (TPSA) is 58.6 Å². The maximum Gasteiger partial charge on any atom is 0.226 e. The summed E-state index contributed by atoms with van der Waals surface area (Å²) in [6.07, 6.45) is 10.3. The van der Waals surface area contributed by atoms with E-state index in [1.807, 2.05) is 29.2 Å². The number of carbonyl (C=O) groups is 2. The standard InChI is InChI=1S/C23H32N2O3/c1-28-21-12-5-3-9-19(21)15-16-24-22(26)13-6-14-23(27)25-17-7-10-18-8-2-4-11-20(18)25/h3,5,9,11-12,18H,2,4,6-8,10,13-17H2,1H3,(H,24,26). The summed E-state index contributed by atoms with van der Waals surface area (Å²) in [7, 11) is 1.66. The van der Waals surface area contributed by atoms with Gasteiger partial charge in [0.15, 0.2) is 0 Å². The Labute approximate surface area is 168 Å². The van der Waals surface area contributed by atoms with Crippen molar-refractivity contribution in [2.45, 2.75) is 57.8 Å². The molecule has 1 atom stereocenters. The Morgan fingerprint density at radius 3 is 2.86 bits per heavy atom. The van der Waals surface area contributed by atoms with Crippen LogP contribution in [0, 0.1) is 5.92 Å². The third kappa shape index (κ3) is 5.37. The molecule has 5 nitrogen and oxygen atoms in total. The lowest BCUT2D eigenvalue weighted by atomic mass is 9.85. The number of benzene rings is 1. The number of carbonyl (C=O) groups excluding carboxylic acids is 2. The summed E-state index contributed by atoms with van der Waals surface area (Å²) in [6, 6.07) is 7.84. The first-order chi connectivity index (χ1) is 13.7. The zero-order valence-electron chi connectivity index (χ0n) is 16.9. The lowest BCUT2D eigenvalue weighted by Crippen LogP contribution is -2.39. The van der Waals surface area contributed by atoms with Gasteiger partial charge in [0.25, 0.3) is 0 Å². The number of fused-ring (bicyclic) bond motifs is 1. The van der Waals surface area contributed by atoms with Gasteiger partial charge in [-0.05, 0) is 62.5 Å². The molecule has 1 aliphatic carbocycles. The highest BCUT2D eigenvalue weighted by Crippen LogP contribution is 2.35. The van der Waals surface area contributed by atoms with Crippen molar-refractivity contribution in [1.29, 1.82) is 0 Å². The summed E-state index contributed by atoms with van der Waals surface area (Å²) in [5.74, 6) is 1.61. The van der Waals surface area contributed by atoms with Crippen LogP contribution in [0.3, 0.4) is 0 Å². The predicted molar refractivity (Wildman–Crippen MR) is 110 cm³/mol. The molecule has 5 heteroatoms. The van der Waals surface area contributed by atoms with Crippen molar-refractivity contribution in [3.63, 3.8) is 0 Å². The van der Waals surface area contributed by atoms with Gasteiger partial charge in [0.2, 0.25) is 11.8 Å². The molecule has 0 spiro atoms. The predicted octanol–water partition coefficient (Wildman–Crippen LogP) is 3.83. The molecular formula is C23H32N2O3. The first-order valence-corrected chi connectivity index (χ1v) is 10.6. The van der Waals surface area contributed by atoms with E-state index in [0.29, 0.717) is 31.7 Å². The maximum atomic E-state index is 12.6. The van der Waals surface area contributed by atoms with E-state index in [9.17, 15) is 9.59 Å².